The molecule has 0 heterocycles. The quantitative estimate of drug-likeness (QED) is 0.234. The highest BCUT2D eigenvalue weighted by atomic mass is 15.6. The van der Waals surface area contributed by atoms with Crippen LogP contribution < -0.4 is 0 Å². The third kappa shape index (κ3) is 6.23. The minimum Gasteiger partial charge on any atom is -0.267 e. The molecule has 3 heteroatoms. The average Bonchev–Trinajstić information content (AvgIpc) is 2.77. The first-order valence-corrected chi connectivity index (χ1v) is 13.4. The highest BCUT2D eigenvalue weighted by Gasteiger charge is 2.53. The van der Waals surface area contributed by atoms with Gasteiger partial charge in [0.15, 0.2) is 0 Å². The zero-order chi connectivity index (χ0) is 23.6. The van der Waals surface area contributed by atoms with Crippen LogP contribution in [0.25, 0.3) is 0 Å². The summed E-state index contributed by atoms with van der Waals surface area (Å²) in [5.74, 6) is -0.0689. The van der Waals surface area contributed by atoms with Crippen molar-refractivity contribution in [3.05, 3.63) is 0 Å². The van der Waals surface area contributed by atoms with E-state index in [9.17, 15) is 0 Å². The van der Waals surface area contributed by atoms with E-state index in [1.54, 1.807) is 0 Å². The maximum absolute atomic E-state index is 2.93. The zero-order valence-electron chi connectivity index (χ0n) is 23.3. The van der Waals surface area contributed by atoms with E-state index in [0.29, 0.717) is 36.3 Å². The second-order valence-corrected chi connectivity index (χ2v) is 9.89. The van der Waals surface area contributed by atoms with Gasteiger partial charge in [-0.05, 0) is 86.5 Å². The molecule has 0 saturated carbocycles. The Labute approximate surface area is 192 Å². The summed E-state index contributed by atoms with van der Waals surface area (Å²) in [6.07, 6.45) is 8.27. The van der Waals surface area contributed by atoms with Gasteiger partial charge < -0.3 is 0 Å². The van der Waals surface area contributed by atoms with Crippen molar-refractivity contribution in [1.82, 2.24) is 14.7 Å². The molecule has 0 aliphatic rings. The van der Waals surface area contributed by atoms with Crippen LogP contribution in [0.15, 0.2) is 0 Å². The Bertz CT molecular complexity index is 348. The largest absolute Gasteiger partial charge is 0.267 e. The van der Waals surface area contributed by atoms with Crippen molar-refractivity contribution in [2.45, 2.75) is 177 Å². The van der Waals surface area contributed by atoms with Crippen molar-refractivity contribution in [2.24, 2.45) is 0 Å². The molecular formula is C27H59N3. The first-order valence-electron chi connectivity index (χ1n) is 13.4. The molecule has 6 atom stereocenters. The summed E-state index contributed by atoms with van der Waals surface area (Å²) in [6, 6.07) is 3.28. The van der Waals surface area contributed by atoms with Gasteiger partial charge in [-0.1, -0.05) is 48.5 Å². The van der Waals surface area contributed by atoms with Gasteiger partial charge >= 0.3 is 0 Å². The van der Waals surface area contributed by atoms with E-state index >= 15 is 0 Å². The molecule has 0 spiro atoms. The van der Waals surface area contributed by atoms with Gasteiger partial charge in [-0.3, -0.25) is 14.7 Å². The van der Waals surface area contributed by atoms with Gasteiger partial charge in [0, 0.05) is 36.3 Å². The molecule has 0 aromatic heterocycles. The summed E-state index contributed by atoms with van der Waals surface area (Å²) in [7, 11) is 0. The summed E-state index contributed by atoms with van der Waals surface area (Å²) < 4.78 is 0. The van der Waals surface area contributed by atoms with Gasteiger partial charge in [-0.25, -0.2) is 0 Å². The third-order valence-electron chi connectivity index (χ3n) is 8.11. The van der Waals surface area contributed by atoms with Crippen molar-refractivity contribution in [3.8, 4) is 0 Å². The molecule has 0 N–H and O–H groups in total. The van der Waals surface area contributed by atoms with Gasteiger partial charge in [-0.15, -0.1) is 0 Å². The summed E-state index contributed by atoms with van der Waals surface area (Å²) >= 11 is 0. The molecular weight excluding hydrogens is 366 g/mol. The maximum Gasteiger partial charge on any atom is 0.132 e. The second-order valence-electron chi connectivity index (χ2n) is 9.89. The van der Waals surface area contributed by atoms with Crippen molar-refractivity contribution in [3.63, 3.8) is 0 Å². The minimum atomic E-state index is -0.0689. The van der Waals surface area contributed by atoms with E-state index < -0.39 is 0 Å². The molecule has 0 aromatic rings. The van der Waals surface area contributed by atoms with Crippen molar-refractivity contribution in [1.29, 1.82) is 0 Å². The highest BCUT2D eigenvalue weighted by Crippen LogP contribution is 2.41. The molecule has 0 amide bonds. The fourth-order valence-corrected chi connectivity index (χ4v) is 5.55. The fraction of sp³-hybridized carbons (Fsp3) is 1.00. The lowest BCUT2D eigenvalue weighted by atomic mass is 9.93. The molecule has 6 unspecified atom stereocenters. The molecule has 0 radical (unpaired) electrons. The van der Waals surface area contributed by atoms with E-state index in [1.165, 1.54) is 38.5 Å². The first-order chi connectivity index (χ1) is 14.1. The van der Waals surface area contributed by atoms with Crippen molar-refractivity contribution >= 4 is 0 Å². The monoisotopic (exact) mass is 425 g/mol. The van der Waals surface area contributed by atoms with Gasteiger partial charge in [-0.2, -0.15) is 0 Å². The van der Waals surface area contributed by atoms with Gasteiger partial charge in [0.2, 0.25) is 0 Å². The number of rotatable bonds is 16. The lowest BCUT2D eigenvalue weighted by Gasteiger charge is -2.65. The number of nitrogens with zero attached hydrogens (tertiary/aromatic N) is 3. The molecule has 30 heavy (non-hydrogen) atoms. The average molecular weight is 426 g/mol. The Balaban J connectivity index is 7.28. The molecule has 0 saturated heterocycles. The number of hydrogen-bond donors (Lipinski definition) is 0. The van der Waals surface area contributed by atoms with Crippen LogP contribution in [-0.4, -0.2) is 56.7 Å². The smallest absolute Gasteiger partial charge is 0.132 e. The molecule has 0 fully saturated rings. The van der Waals surface area contributed by atoms with E-state index in [1.807, 2.05) is 0 Å². The van der Waals surface area contributed by atoms with Crippen molar-refractivity contribution in [2.75, 3.05) is 0 Å². The van der Waals surface area contributed by atoms with E-state index in [-0.39, 0.29) is 5.79 Å². The maximum atomic E-state index is 2.93. The van der Waals surface area contributed by atoms with Gasteiger partial charge in [0.1, 0.15) is 5.79 Å². The van der Waals surface area contributed by atoms with Crippen molar-refractivity contribution < 1.29 is 0 Å². The summed E-state index contributed by atoms with van der Waals surface area (Å²) in [6.45, 7) is 31.5. The summed E-state index contributed by atoms with van der Waals surface area (Å²) in [4.78, 5) is 8.80. The van der Waals surface area contributed by atoms with Crippen LogP contribution in [0.3, 0.4) is 0 Å². The Morgan fingerprint density at radius 3 is 0.667 bits per heavy atom. The SMILES string of the molecule is CCC(C)N(C(C)CC)C(CC)(N(C(C)CC)C(C)CC)N(C(C)CC)C(C)CC. The highest BCUT2D eigenvalue weighted by molar-refractivity contribution is 5.00. The Kier molecular flexibility index (Phi) is 14.1. The molecule has 0 bridgehead atoms. The van der Waals surface area contributed by atoms with Crippen LogP contribution in [0.4, 0.5) is 0 Å². The Morgan fingerprint density at radius 1 is 0.400 bits per heavy atom. The molecule has 0 rings (SSSR count). The molecule has 182 valence electrons. The minimum absolute atomic E-state index is 0.0689. The zero-order valence-corrected chi connectivity index (χ0v) is 23.3. The second kappa shape index (κ2) is 14.1. The van der Waals surface area contributed by atoms with Crippen LogP contribution in [0.2, 0.25) is 0 Å². The van der Waals surface area contributed by atoms with Gasteiger partial charge in [0.25, 0.3) is 0 Å². The first kappa shape index (κ1) is 29.9. The lowest BCUT2D eigenvalue weighted by Crippen LogP contribution is -2.78. The van der Waals surface area contributed by atoms with Crippen LogP contribution in [-0.2, 0) is 0 Å². The van der Waals surface area contributed by atoms with Crippen LogP contribution >= 0.6 is 0 Å². The topological polar surface area (TPSA) is 9.72 Å². The Morgan fingerprint density at radius 2 is 0.567 bits per heavy atom. The normalized spacial score (nSPS) is 20.8. The van der Waals surface area contributed by atoms with Gasteiger partial charge in [0.05, 0.1) is 0 Å². The predicted molar refractivity (Wildman–Crippen MR) is 137 cm³/mol. The van der Waals surface area contributed by atoms with Crippen LogP contribution in [0, 0.1) is 0 Å². The summed E-state index contributed by atoms with van der Waals surface area (Å²) in [5.41, 5.74) is 0. The fourth-order valence-electron chi connectivity index (χ4n) is 5.55. The van der Waals surface area contributed by atoms with E-state index in [2.05, 4.69) is 105 Å². The number of hydrogen-bond acceptors (Lipinski definition) is 3. The van der Waals surface area contributed by atoms with Crippen LogP contribution in [0.5, 0.6) is 0 Å². The van der Waals surface area contributed by atoms with E-state index in [4.69, 9.17) is 0 Å². The van der Waals surface area contributed by atoms with E-state index in [0.717, 1.165) is 6.42 Å². The predicted octanol–water partition coefficient (Wildman–Crippen LogP) is 7.75. The lowest BCUT2D eigenvalue weighted by molar-refractivity contribution is -0.244. The Hall–Kier alpha value is -0.120. The molecule has 0 aliphatic carbocycles. The molecule has 0 aliphatic heterocycles. The van der Waals surface area contributed by atoms with Crippen LogP contribution in [0.1, 0.15) is 135 Å². The standard InChI is InChI=1S/C27H59N3/c1-14-21(8)28(22(9)15-2)27(20-7,29(23(10)16-3)24(11)17-4)30(25(12)18-5)26(13)19-6/h21-26H,14-20H2,1-13H3. The molecule has 0 aromatic carbocycles. The summed E-state index contributed by atoms with van der Waals surface area (Å²) in [5, 5.41) is 0. The third-order valence-corrected chi connectivity index (χ3v) is 8.11. The molecule has 3 nitrogen and oxygen atoms in total.